The van der Waals surface area contributed by atoms with Gasteiger partial charge < -0.3 is 9.64 Å². The standard InChI is InChI=1S/C18H23FN4O2/c1-14(9-23-13-20-12-21-23)18(24)22-8-2-3-15(10-22)11-25-17-6-4-16(19)5-7-17/h4-7,12-15H,2-3,8-11H2,1H3/t14-,15+/m0/s1. The van der Waals surface area contributed by atoms with E-state index in [0.717, 1.165) is 19.4 Å². The average Bonchev–Trinajstić information content (AvgIpc) is 3.14. The molecule has 2 aromatic rings. The summed E-state index contributed by atoms with van der Waals surface area (Å²) in [5.74, 6) is 0.675. The number of carbonyl (C=O) groups excluding carboxylic acids is 1. The molecule has 1 aromatic heterocycles. The van der Waals surface area contributed by atoms with Crippen LogP contribution in [-0.4, -0.2) is 45.3 Å². The number of rotatable bonds is 6. The molecule has 0 aliphatic carbocycles. The zero-order valence-electron chi connectivity index (χ0n) is 14.3. The number of halogens is 1. The van der Waals surface area contributed by atoms with Crippen LogP contribution in [0.2, 0.25) is 0 Å². The van der Waals surface area contributed by atoms with Crippen LogP contribution in [0.3, 0.4) is 0 Å². The van der Waals surface area contributed by atoms with Gasteiger partial charge in [0.05, 0.1) is 19.1 Å². The van der Waals surface area contributed by atoms with Crippen LogP contribution in [0.15, 0.2) is 36.9 Å². The molecule has 3 rings (SSSR count). The van der Waals surface area contributed by atoms with Crippen LogP contribution in [0.25, 0.3) is 0 Å². The number of nitrogens with zero attached hydrogens (tertiary/aromatic N) is 4. The number of likely N-dealkylation sites (tertiary alicyclic amines) is 1. The molecule has 0 bridgehead atoms. The molecule has 25 heavy (non-hydrogen) atoms. The van der Waals surface area contributed by atoms with Gasteiger partial charge in [0.1, 0.15) is 24.2 Å². The number of hydrogen-bond acceptors (Lipinski definition) is 4. The Bertz CT molecular complexity index is 675. The summed E-state index contributed by atoms with van der Waals surface area (Å²) in [6.45, 7) is 4.47. The number of piperidine rings is 1. The second-order valence-corrected chi connectivity index (χ2v) is 6.58. The molecule has 1 aliphatic rings. The lowest BCUT2D eigenvalue weighted by molar-refractivity contribution is -0.137. The lowest BCUT2D eigenvalue weighted by atomic mass is 9.97. The molecule has 1 amide bonds. The summed E-state index contributed by atoms with van der Waals surface area (Å²) in [7, 11) is 0. The highest BCUT2D eigenvalue weighted by molar-refractivity contribution is 5.78. The van der Waals surface area contributed by atoms with Crippen molar-refractivity contribution >= 4 is 5.91 Å². The molecule has 1 aromatic carbocycles. The maximum absolute atomic E-state index is 12.9. The van der Waals surface area contributed by atoms with E-state index >= 15 is 0 Å². The van der Waals surface area contributed by atoms with Crippen LogP contribution in [0.4, 0.5) is 4.39 Å². The van der Waals surface area contributed by atoms with Gasteiger partial charge in [0.2, 0.25) is 5.91 Å². The Morgan fingerprint density at radius 1 is 1.40 bits per heavy atom. The highest BCUT2D eigenvalue weighted by Gasteiger charge is 2.27. The fourth-order valence-corrected chi connectivity index (χ4v) is 3.14. The highest BCUT2D eigenvalue weighted by Crippen LogP contribution is 2.21. The third kappa shape index (κ3) is 4.78. The van der Waals surface area contributed by atoms with E-state index < -0.39 is 0 Å². The first-order chi connectivity index (χ1) is 12.1. The quantitative estimate of drug-likeness (QED) is 0.806. The molecule has 1 fully saturated rings. The molecule has 0 radical (unpaired) electrons. The number of amides is 1. The highest BCUT2D eigenvalue weighted by atomic mass is 19.1. The number of carbonyl (C=O) groups is 1. The van der Waals surface area contributed by atoms with Gasteiger partial charge in [-0.15, -0.1) is 0 Å². The predicted octanol–water partition coefficient (Wildman–Crippen LogP) is 2.37. The number of benzene rings is 1. The van der Waals surface area contributed by atoms with Gasteiger partial charge in [-0.2, -0.15) is 5.10 Å². The van der Waals surface area contributed by atoms with Crippen LogP contribution in [-0.2, 0) is 11.3 Å². The van der Waals surface area contributed by atoms with E-state index in [9.17, 15) is 9.18 Å². The molecule has 1 saturated heterocycles. The molecule has 6 nitrogen and oxygen atoms in total. The average molecular weight is 346 g/mol. The van der Waals surface area contributed by atoms with Gasteiger partial charge in [-0.3, -0.25) is 9.48 Å². The van der Waals surface area contributed by atoms with Crippen molar-refractivity contribution in [3.05, 3.63) is 42.7 Å². The monoisotopic (exact) mass is 346 g/mol. The molecule has 2 heterocycles. The van der Waals surface area contributed by atoms with Crippen molar-refractivity contribution in [1.82, 2.24) is 19.7 Å². The van der Waals surface area contributed by atoms with Crippen molar-refractivity contribution in [3.63, 3.8) is 0 Å². The minimum Gasteiger partial charge on any atom is -0.493 e. The molecular weight excluding hydrogens is 323 g/mol. The van der Waals surface area contributed by atoms with E-state index in [-0.39, 0.29) is 17.6 Å². The van der Waals surface area contributed by atoms with Crippen LogP contribution in [0.5, 0.6) is 5.75 Å². The molecule has 134 valence electrons. The minimum absolute atomic E-state index is 0.140. The molecule has 0 saturated carbocycles. The van der Waals surface area contributed by atoms with Gasteiger partial charge >= 0.3 is 0 Å². The Kier molecular flexibility index (Phi) is 5.63. The van der Waals surface area contributed by atoms with E-state index in [4.69, 9.17) is 4.74 Å². The number of ether oxygens (including phenoxy) is 1. The summed E-state index contributed by atoms with van der Waals surface area (Å²) in [5.41, 5.74) is 0. The van der Waals surface area contributed by atoms with Gasteiger partial charge in [-0.1, -0.05) is 6.92 Å². The first-order valence-corrected chi connectivity index (χ1v) is 8.61. The van der Waals surface area contributed by atoms with Crippen molar-refractivity contribution in [3.8, 4) is 5.75 Å². The molecule has 0 unspecified atom stereocenters. The molecule has 2 atom stereocenters. The predicted molar refractivity (Wildman–Crippen MR) is 90.4 cm³/mol. The normalized spacial score (nSPS) is 18.8. The van der Waals surface area contributed by atoms with Crippen LogP contribution in [0.1, 0.15) is 19.8 Å². The van der Waals surface area contributed by atoms with Crippen molar-refractivity contribution in [2.75, 3.05) is 19.7 Å². The fraction of sp³-hybridized carbons (Fsp3) is 0.500. The summed E-state index contributed by atoms with van der Waals surface area (Å²) in [5, 5.41) is 4.06. The largest absolute Gasteiger partial charge is 0.493 e. The Labute approximate surface area is 146 Å². The minimum atomic E-state index is -0.275. The molecular formula is C18H23FN4O2. The Morgan fingerprint density at radius 3 is 2.92 bits per heavy atom. The summed E-state index contributed by atoms with van der Waals surface area (Å²) in [4.78, 5) is 18.5. The Morgan fingerprint density at radius 2 is 2.20 bits per heavy atom. The Hall–Kier alpha value is -2.44. The van der Waals surface area contributed by atoms with Crippen molar-refractivity contribution in [2.24, 2.45) is 11.8 Å². The zero-order chi connectivity index (χ0) is 17.6. The second-order valence-electron chi connectivity index (χ2n) is 6.58. The van der Waals surface area contributed by atoms with E-state index in [1.807, 2.05) is 11.8 Å². The molecule has 7 heteroatoms. The fourth-order valence-electron chi connectivity index (χ4n) is 3.14. The summed E-state index contributed by atoms with van der Waals surface area (Å²) in [6.07, 6.45) is 5.10. The molecule has 0 spiro atoms. The number of hydrogen-bond donors (Lipinski definition) is 0. The lowest BCUT2D eigenvalue weighted by Crippen LogP contribution is -2.44. The van der Waals surface area contributed by atoms with Gasteiger partial charge in [-0.05, 0) is 37.1 Å². The van der Waals surface area contributed by atoms with Crippen molar-refractivity contribution in [2.45, 2.75) is 26.3 Å². The third-order valence-corrected chi connectivity index (χ3v) is 4.48. The van der Waals surface area contributed by atoms with Gasteiger partial charge in [0, 0.05) is 19.0 Å². The third-order valence-electron chi connectivity index (χ3n) is 4.48. The summed E-state index contributed by atoms with van der Waals surface area (Å²) < 4.78 is 20.4. The van der Waals surface area contributed by atoms with E-state index in [0.29, 0.717) is 31.4 Å². The van der Waals surface area contributed by atoms with Gasteiger partial charge in [-0.25, -0.2) is 9.37 Å². The first kappa shape index (κ1) is 17.4. The van der Waals surface area contributed by atoms with Crippen LogP contribution >= 0.6 is 0 Å². The SMILES string of the molecule is C[C@@H](Cn1cncn1)C(=O)N1CCC[C@@H](COc2ccc(F)cc2)C1. The maximum Gasteiger partial charge on any atom is 0.227 e. The van der Waals surface area contributed by atoms with Crippen LogP contribution in [0, 0.1) is 17.7 Å². The first-order valence-electron chi connectivity index (χ1n) is 8.61. The lowest BCUT2D eigenvalue weighted by Gasteiger charge is -2.34. The number of aromatic nitrogens is 3. The topological polar surface area (TPSA) is 60.2 Å². The summed E-state index contributed by atoms with van der Waals surface area (Å²) >= 11 is 0. The van der Waals surface area contributed by atoms with Gasteiger partial charge in [0.15, 0.2) is 0 Å². The van der Waals surface area contributed by atoms with E-state index in [1.165, 1.54) is 18.5 Å². The zero-order valence-corrected chi connectivity index (χ0v) is 14.3. The van der Waals surface area contributed by atoms with Crippen molar-refractivity contribution in [1.29, 1.82) is 0 Å². The summed E-state index contributed by atoms with van der Waals surface area (Å²) in [6, 6.07) is 6.03. The molecule has 1 aliphatic heterocycles. The second kappa shape index (κ2) is 8.09. The van der Waals surface area contributed by atoms with E-state index in [1.54, 1.807) is 23.1 Å². The molecule has 0 N–H and O–H groups in total. The van der Waals surface area contributed by atoms with E-state index in [2.05, 4.69) is 10.1 Å². The van der Waals surface area contributed by atoms with Crippen molar-refractivity contribution < 1.29 is 13.9 Å². The van der Waals surface area contributed by atoms with Gasteiger partial charge in [0.25, 0.3) is 0 Å². The smallest absolute Gasteiger partial charge is 0.227 e. The Balaban J connectivity index is 1.49. The van der Waals surface area contributed by atoms with Crippen LogP contribution < -0.4 is 4.74 Å². The maximum atomic E-state index is 12.9.